The highest BCUT2D eigenvalue weighted by atomic mass is 16.5. The van der Waals surface area contributed by atoms with Crippen LogP contribution in [0.2, 0.25) is 0 Å². The predicted molar refractivity (Wildman–Crippen MR) is 94.4 cm³/mol. The first kappa shape index (κ1) is 21.9. The van der Waals surface area contributed by atoms with Crippen molar-refractivity contribution in [2.75, 3.05) is 13.2 Å². The maximum atomic E-state index is 10.0. The van der Waals surface area contributed by atoms with E-state index in [0.717, 1.165) is 25.7 Å². The molecule has 134 valence electrons. The second-order valence-electron chi connectivity index (χ2n) is 6.37. The average molecular weight is 317 g/mol. The molecule has 0 heterocycles. The highest BCUT2D eigenvalue weighted by molar-refractivity contribution is 4.62. The summed E-state index contributed by atoms with van der Waals surface area (Å²) in [6, 6.07) is 0. The average Bonchev–Trinajstić information content (AvgIpc) is 2.54. The summed E-state index contributed by atoms with van der Waals surface area (Å²) in [5, 5.41) is 10.0. The first-order valence-corrected chi connectivity index (χ1v) is 9.58. The van der Waals surface area contributed by atoms with Crippen LogP contribution in [0.3, 0.4) is 0 Å². The molecule has 0 aliphatic heterocycles. The number of rotatable bonds is 16. The first-order valence-electron chi connectivity index (χ1n) is 9.58. The Labute approximate surface area is 138 Å². The number of hydrogen-bond acceptors (Lipinski definition) is 3. The van der Waals surface area contributed by atoms with Crippen LogP contribution in [0.4, 0.5) is 0 Å². The summed E-state index contributed by atoms with van der Waals surface area (Å²) < 4.78 is 11.7. The minimum absolute atomic E-state index is 0.285. The van der Waals surface area contributed by atoms with Crippen molar-refractivity contribution >= 4 is 0 Å². The van der Waals surface area contributed by atoms with Gasteiger partial charge >= 0.3 is 0 Å². The minimum Gasteiger partial charge on any atom is -0.388 e. The largest absolute Gasteiger partial charge is 0.388 e. The molecule has 0 aromatic carbocycles. The molecule has 0 amide bonds. The highest BCUT2D eigenvalue weighted by Crippen LogP contribution is 2.12. The van der Waals surface area contributed by atoms with Gasteiger partial charge in [-0.2, -0.15) is 0 Å². The Bertz CT molecular complexity index is 199. The maximum Gasteiger partial charge on any atom is 0.101 e. The van der Waals surface area contributed by atoms with Crippen LogP contribution in [0.1, 0.15) is 91.9 Å². The molecule has 0 bridgehead atoms. The van der Waals surface area contributed by atoms with Crippen molar-refractivity contribution < 1.29 is 14.6 Å². The molecule has 2 atom stereocenters. The van der Waals surface area contributed by atoms with Crippen molar-refractivity contribution in [1.82, 2.24) is 0 Å². The van der Waals surface area contributed by atoms with E-state index in [2.05, 4.69) is 27.7 Å². The highest BCUT2D eigenvalue weighted by Gasteiger charge is 2.13. The summed E-state index contributed by atoms with van der Waals surface area (Å²) in [6.07, 6.45) is 11.8. The van der Waals surface area contributed by atoms with E-state index < -0.39 is 6.10 Å². The zero-order valence-corrected chi connectivity index (χ0v) is 15.5. The van der Waals surface area contributed by atoms with Gasteiger partial charge in [-0.1, -0.05) is 66.2 Å². The third-order valence-corrected chi connectivity index (χ3v) is 4.22. The Balaban J connectivity index is 3.78. The van der Waals surface area contributed by atoms with E-state index in [1.54, 1.807) is 0 Å². The second kappa shape index (κ2) is 15.8. The van der Waals surface area contributed by atoms with E-state index in [1.807, 2.05) is 0 Å². The number of aliphatic hydroxyl groups excluding tert-OH is 1. The molecule has 0 aromatic rings. The fraction of sp³-hybridized carbons (Fsp3) is 1.00. The summed E-state index contributed by atoms with van der Waals surface area (Å²) in [5.41, 5.74) is 0. The van der Waals surface area contributed by atoms with Crippen molar-refractivity contribution in [1.29, 1.82) is 0 Å². The zero-order valence-electron chi connectivity index (χ0n) is 15.5. The van der Waals surface area contributed by atoms with E-state index in [0.29, 0.717) is 13.2 Å². The lowest BCUT2D eigenvalue weighted by Gasteiger charge is -2.21. The minimum atomic E-state index is -0.500. The quantitative estimate of drug-likeness (QED) is 0.403. The van der Waals surface area contributed by atoms with Crippen LogP contribution < -0.4 is 0 Å². The standard InChI is InChI=1S/C19H40O3/c1-5-9-11-13-18(7-3)21-15-17(20)16-22-19(8-4)14-12-10-6-2/h17-20H,5-16H2,1-4H3/t18-,19-/m0/s1. The first-order chi connectivity index (χ1) is 10.7. The molecule has 0 radical (unpaired) electrons. The Morgan fingerprint density at radius 2 is 1.09 bits per heavy atom. The molecular weight excluding hydrogens is 276 g/mol. The van der Waals surface area contributed by atoms with Crippen LogP contribution in [0.25, 0.3) is 0 Å². The van der Waals surface area contributed by atoms with Gasteiger partial charge in [-0.05, 0) is 25.7 Å². The Morgan fingerprint density at radius 3 is 1.41 bits per heavy atom. The summed E-state index contributed by atoms with van der Waals surface area (Å²) in [5.74, 6) is 0. The fourth-order valence-electron chi connectivity index (χ4n) is 2.60. The molecule has 0 saturated heterocycles. The molecular formula is C19H40O3. The van der Waals surface area contributed by atoms with Crippen LogP contribution in [-0.4, -0.2) is 36.6 Å². The normalized spacial score (nSPS) is 14.5. The van der Waals surface area contributed by atoms with E-state index in [4.69, 9.17) is 9.47 Å². The van der Waals surface area contributed by atoms with Crippen molar-refractivity contribution in [2.24, 2.45) is 0 Å². The lowest BCUT2D eigenvalue weighted by atomic mass is 10.1. The van der Waals surface area contributed by atoms with Gasteiger partial charge in [0.15, 0.2) is 0 Å². The third-order valence-electron chi connectivity index (χ3n) is 4.22. The van der Waals surface area contributed by atoms with E-state index in [9.17, 15) is 5.11 Å². The van der Waals surface area contributed by atoms with Gasteiger partial charge in [0.1, 0.15) is 6.10 Å². The van der Waals surface area contributed by atoms with Crippen LogP contribution in [-0.2, 0) is 9.47 Å². The van der Waals surface area contributed by atoms with Crippen molar-refractivity contribution in [3.8, 4) is 0 Å². The van der Waals surface area contributed by atoms with Gasteiger partial charge in [-0.15, -0.1) is 0 Å². The summed E-state index contributed by atoms with van der Waals surface area (Å²) in [7, 11) is 0. The molecule has 0 spiro atoms. The van der Waals surface area contributed by atoms with Crippen molar-refractivity contribution in [3.63, 3.8) is 0 Å². The van der Waals surface area contributed by atoms with Gasteiger partial charge in [-0.3, -0.25) is 0 Å². The SMILES string of the molecule is CCCCC[C@H](CC)OCC(O)CO[C@@H](CC)CCCCC. The maximum absolute atomic E-state index is 10.0. The zero-order chi connectivity index (χ0) is 16.6. The van der Waals surface area contributed by atoms with Crippen LogP contribution in [0, 0.1) is 0 Å². The summed E-state index contributed by atoms with van der Waals surface area (Å²) >= 11 is 0. The second-order valence-corrected chi connectivity index (χ2v) is 6.37. The Kier molecular flexibility index (Phi) is 15.7. The summed E-state index contributed by atoms with van der Waals surface area (Å²) in [4.78, 5) is 0. The molecule has 0 rings (SSSR count). The van der Waals surface area contributed by atoms with E-state index >= 15 is 0 Å². The third kappa shape index (κ3) is 12.4. The molecule has 0 fully saturated rings. The number of unbranched alkanes of at least 4 members (excludes halogenated alkanes) is 4. The van der Waals surface area contributed by atoms with Crippen molar-refractivity contribution in [3.05, 3.63) is 0 Å². The molecule has 22 heavy (non-hydrogen) atoms. The molecule has 0 aliphatic carbocycles. The number of ether oxygens (including phenoxy) is 2. The van der Waals surface area contributed by atoms with Gasteiger partial charge in [-0.25, -0.2) is 0 Å². The smallest absolute Gasteiger partial charge is 0.101 e. The monoisotopic (exact) mass is 316 g/mol. The Morgan fingerprint density at radius 1 is 0.682 bits per heavy atom. The van der Waals surface area contributed by atoms with E-state index in [1.165, 1.54) is 38.5 Å². The molecule has 3 heteroatoms. The molecule has 0 saturated carbocycles. The molecule has 1 N–H and O–H groups in total. The van der Waals surface area contributed by atoms with Gasteiger partial charge in [0.05, 0.1) is 25.4 Å². The van der Waals surface area contributed by atoms with Crippen LogP contribution in [0.15, 0.2) is 0 Å². The number of aliphatic hydroxyl groups is 1. The van der Waals surface area contributed by atoms with Crippen molar-refractivity contribution in [2.45, 2.75) is 110 Å². The van der Waals surface area contributed by atoms with Crippen LogP contribution in [0.5, 0.6) is 0 Å². The molecule has 0 aliphatic rings. The number of hydrogen-bond donors (Lipinski definition) is 1. The van der Waals surface area contributed by atoms with Crippen LogP contribution >= 0.6 is 0 Å². The topological polar surface area (TPSA) is 38.7 Å². The molecule has 0 unspecified atom stereocenters. The Hall–Kier alpha value is -0.120. The molecule has 0 aromatic heterocycles. The van der Waals surface area contributed by atoms with Gasteiger partial charge in [0.2, 0.25) is 0 Å². The van der Waals surface area contributed by atoms with Gasteiger partial charge in [0, 0.05) is 0 Å². The lowest BCUT2D eigenvalue weighted by molar-refractivity contribution is -0.0662. The van der Waals surface area contributed by atoms with Gasteiger partial charge < -0.3 is 14.6 Å². The van der Waals surface area contributed by atoms with Gasteiger partial charge in [0.25, 0.3) is 0 Å². The predicted octanol–water partition coefficient (Wildman–Crippen LogP) is 5.10. The summed E-state index contributed by atoms with van der Waals surface area (Å²) in [6.45, 7) is 9.54. The lowest BCUT2D eigenvalue weighted by Crippen LogP contribution is -2.28. The van der Waals surface area contributed by atoms with E-state index in [-0.39, 0.29) is 12.2 Å². The molecule has 3 nitrogen and oxygen atoms in total. The fourth-order valence-corrected chi connectivity index (χ4v) is 2.60.